The first-order valence-electron chi connectivity index (χ1n) is 9.16. The maximum Gasteiger partial charge on any atom is 0.254 e. The Morgan fingerprint density at radius 1 is 1.04 bits per heavy atom. The van der Waals surface area contributed by atoms with Crippen LogP contribution in [0.3, 0.4) is 0 Å². The lowest BCUT2D eigenvalue weighted by molar-refractivity contribution is 0.0481. The van der Waals surface area contributed by atoms with Crippen molar-refractivity contribution in [3.05, 3.63) is 35.4 Å². The lowest BCUT2D eigenvalue weighted by atomic mass is 9.85. The highest BCUT2D eigenvalue weighted by Gasteiger charge is 2.35. The minimum atomic E-state index is 0.261. The van der Waals surface area contributed by atoms with Gasteiger partial charge in [0.25, 0.3) is 5.91 Å². The Balaban J connectivity index is 1.82. The first kappa shape index (κ1) is 17.0. The van der Waals surface area contributed by atoms with Crippen molar-refractivity contribution in [1.29, 1.82) is 0 Å². The minimum absolute atomic E-state index is 0.261. The molecule has 2 atom stereocenters. The zero-order valence-corrected chi connectivity index (χ0v) is 15.7. The van der Waals surface area contributed by atoms with Gasteiger partial charge in [-0.05, 0) is 49.3 Å². The van der Waals surface area contributed by atoms with Crippen LogP contribution in [0.1, 0.15) is 74.2 Å². The third kappa shape index (κ3) is 3.99. The van der Waals surface area contributed by atoms with Gasteiger partial charge in [0, 0.05) is 23.0 Å². The van der Waals surface area contributed by atoms with Crippen LogP contribution < -0.4 is 0 Å². The lowest BCUT2D eigenvalue weighted by Crippen LogP contribution is -2.48. The summed E-state index contributed by atoms with van der Waals surface area (Å²) in [5.41, 5.74) is 2.08. The van der Waals surface area contributed by atoms with Crippen molar-refractivity contribution >= 4 is 21.8 Å². The summed E-state index contributed by atoms with van der Waals surface area (Å²) in [5, 5.41) is 0.841. The highest BCUT2D eigenvalue weighted by atomic mass is 79.9. The van der Waals surface area contributed by atoms with E-state index in [0.717, 1.165) is 16.8 Å². The topological polar surface area (TPSA) is 20.3 Å². The molecular formula is C20H28BrNO. The molecule has 0 spiro atoms. The van der Waals surface area contributed by atoms with Crippen LogP contribution in [0, 0.1) is 5.92 Å². The average molecular weight is 378 g/mol. The normalized spacial score (nSPS) is 25.5. The first-order chi connectivity index (χ1) is 11.2. The summed E-state index contributed by atoms with van der Waals surface area (Å²) >= 11 is 3.48. The first-order valence-corrected chi connectivity index (χ1v) is 10.3. The summed E-state index contributed by atoms with van der Waals surface area (Å²) in [6.07, 6.45) is 9.90. The smallest absolute Gasteiger partial charge is 0.254 e. The summed E-state index contributed by atoms with van der Waals surface area (Å²) in [5.74, 6) is 1.01. The number of benzene rings is 1. The van der Waals surface area contributed by atoms with E-state index in [9.17, 15) is 4.79 Å². The van der Waals surface area contributed by atoms with Crippen molar-refractivity contribution in [3.8, 4) is 0 Å². The van der Waals surface area contributed by atoms with Crippen LogP contribution in [0.4, 0.5) is 0 Å². The quantitative estimate of drug-likeness (QED) is 0.630. The molecule has 2 saturated carbocycles. The van der Waals surface area contributed by atoms with E-state index in [-0.39, 0.29) is 5.91 Å². The summed E-state index contributed by atoms with van der Waals surface area (Å²) in [6, 6.07) is 9.07. The molecule has 3 rings (SSSR count). The van der Waals surface area contributed by atoms with Gasteiger partial charge in [0.1, 0.15) is 0 Å². The molecule has 1 aromatic rings. The van der Waals surface area contributed by atoms with Gasteiger partial charge in [-0.15, -0.1) is 0 Å². The molecule has 0 saturated heterocycles. The molecule has 2 aliphatic carbocycles. The molecule has 2 aliphatic rings. The van der Waals surface area contributed by atoms with Crippen molar-refractivity contribution < 1.29 is 4.79 Å². The Kier molecular flexibility index (Phi) is 5.79. The second kappa shape index (κ2) is 7.83. The van der Waals surface area contributed by atoms with Gasteiger partial charge in [-0.25, -0.2) is 0 Å². The second-order valence-electron chi connectivity index (χ2n) is 7.41. The Morgan fingerprint density at radius 3 is 2.30 bits per heavy atom. The number of amides is 1. The zero-order valence-electron chi connectivity index (χ0n) is 14.1. The molecular weight excluding hydrogens is 350 g/mol. The van der Waals surface area contributed by atoms with E-state index < -0.39 is 0 Å². The molecule has 2 fully saturated rings. The van der Waals surface area contributed by atoms with Crippen LogP contribution >= 0.6 is 15.9 Å². The van der Waals surface area contributed by atoms with Crippen LogP contribution in [0.15, 0.2) is 24.3 Å². The zero-order chi connectivity index (χ0) is 16.2. The molecule has 2 unspecified atom stereocenters. The molecule has 1 aromatic carbocycles. The lowest BCUT2D eigenvalue weighted by Gasteiger charge is -2.40. The largest absolute Gasteiger partial charge is 0.333 e. The monoisotopic (exact) mass is 377 g/mol. The van der Waals surface area contributed by atoms with Crippen LogP contribution in [-0.4, -0.2) is 22.9 Å². The van der Waals surface area contributed by atoms with Gasteiger partial charge in [-0.1, -0.05) is 60.7 Å². The van der Waals surface area contributed by atoms with Gasteiger partial charge in [0.05, 0.1) is 0 Å². The molecule has 0 aromatic heterocycles. The van der Waals surface area contributed by atoms with Gasteiger partial charge in [0.15, 0.2) is 0 Å². The van der Waals surface area contributed by atoms with Crippen molar-refractivity contribution in [2.24, 2.45) is 5.92 Å². The number of hydrogen-bond donors (Lipinski definition) is 0. The number of hydrogen-bond acceptors (Lipinski definition) is 1. The summed E-state index contributed by atoms with van der Waals surface area (Å²) < 4.78 is 0. The molecule has 0 heterocycles. The van der Waals surface area contributed by atoms with E-state index in [2.05, 4.69) is 39.9 Å². The Bertz CT molecular complexity index is 521. The van der Waals surface area contributed by atoms with Crippen molar-refractivity contribution in [2.45, 2.75) is 75.7 Å². The molecule has 2 nitrogen and oxygen atoms in total. The number of rotatable bonds is 4. The van der Waals surface area contributed by atoms with E-state index in [1.165, 1.54) is 56.9 Å². The highest BCUT2D eigenvalue weighted by Crippen LogP contribution is 2.34. The standard InChI is InChI=1S/C20H28BrNO/c1-15-5-4-8-19(13-15)22(18-6-2-3-7-18)20(23)17-11-9-16(14-21)10-12-17/h9-12,15,18-19H,2-8,13-14H2,1H3. The van der Waals surface area contributed by atoms with E-state index in [1.807, 2.05) is 12.1 Å². The fourth-order valence-electron chi connectivity index (χ4n) is 4.35. The van der Waals surface area contributed by atoms with Crippen LogP contribution in [0.25, 0.3) is 0 Å². The maximum absolute atomic E-state index is 13.3. The maximum atomic E-state index is 13.3. The summed E-state index contributed by atoms with van der Waals surface area (Å²) in [6.45, 7) is 2.34. The molecule has 0 radical (unpaired) electrons. The van der Waals surface area contributed by atoms with E-state index in [1.54, 1.807) is 0 Å². The van der Waals surface area contributed by atoms with Crippen molar-refractivity contribution in [3.63, 3.8) is 0 Å². The molecule has 0 bridgehead atoms. The number of halogens is 1. The van der Waals surface area contributed by atoms with E-state index in [4.69, 9.17) is 0 Å². The molecule has 126 valence electrons. The Morgan fingerprint density at radius 2 is 1.70 bits per heavy atom. The third-order valence-electron chi connectivity index (χ3n) is 5.61. The number of carbonyl (C=O) groups is 1. The number of carbonyl (C=O) groups excluding carboxylic acids is 1. The van der Waals surface area contributed by atoms with Crippen molar-refractivity contribution in [2.75, 3.05) is 0 Å². The van der Waals surface area contributed by atoms with Gasteiger partial charge in [0.2, 0.25) is 0 Å². The van der Waals surface area contributed by atoms with Crippen LogP contribution in [-0.2, 0) is 5.33 Å². The average Bonchev–Trinajstić information content (AvgIpc) is 3.09. The van der Waals surface area contributed by atoms with E-state index in [0.29, 0.717) is 12.1 Å². The fraction of sp³-hybridized carbons (Fsp3) is 0.650. The Labute approximate surface area is 148 Å². The van der Waals surface area contributed by atoms with Crippen LogP contribution in [0.5, 0.6) is 0 Å². The number of nitrogens with zero attached hydrogens (tertiary/aromatic N) is 1. The molecule has 0 N–H and O–H groups in total. The SMILES string of the molecule is CC1CCCC(N(C(=O)c2ccc(CBr)cc2)C2CCCC2)C1. The molecule has 3 heteroatoms. The summed E-state index contributed by atoms with van der Waals surface area (Å²) in [7, 11) is 0. The summed E-state index contributed by atoms with van der Waals surface area (Å²) in [4.78, 5) is 15.5. The van der Waals surface area contributed by atoms with Crippen molar-refractivity contribution in [1.82, 2.24) is 4.90 Å². The number of alkyl halides is 1. The molecule has 1 amide bonds. The van der Waals surface area contributed by atoms with Gasteiger partial charge in [-0.2, -0.15) is 0 Å². The van der Waals surface area contributed by atoms with Gasteiger partial charge < -0.3 is 4.90 Å². The van der Waals surface area contributed by atoms with Crippen LogP contribution in [0.2, 0.25) is 0 Å². The van der Waals surface area contributed by atoms with Gasteiger partial charge in [-0.3, -0.25) is 4.79 Å². The predicted molar refractivity (Wildman–Crippen MR) is 98.9 cm³/mol. The Hall–Kier alpha value is -0.830. The second-order valence-corrected chi connectivity index (χ2v) is 7.97. The molecule has 0 aliphatic heterocycles. The predicted octanol–water partition coefficient (Wildman–Crippen LogP) is 5.55. The molecule has 23 heavy (non-hydrogen) atoms. The van der Waals surface area contributed by atoms with E-state index >= 15 is 0 Å². The fourth-order valence-corrected chi connectivity index (χ4v) is 4.73. The van der Waals surface area contributed by atoms with Gasteiger partial charge >= 0.3 is 0 Å². The minimum Gasteiger partial charge on any atom is -0.333 e. The third-order valence-corrected chi connectivity index (χ3v) is 6.26. The highest BCUT2D eigenvalue weighted by molar-refractivity contribution is 9.08.